The molecule has 3 fully saturated rings. The fourth-order valence-electron chi connectivity index (χ4n) is 4.14. The number of nitrogens with zero attached hydrogens (tertiary/aromatic N) is 1. The molecule has 1 atom stereocenters. The number of amides is 2. The summed E-state index contributed by atoms with van der Waals surface area (Å²) in [5, 5.41) is 5.86. The molecule has 0 bridgehead atoms. The average molecular weight is 386 g/mol. The van der Waals surface area contributed by atoms with Gasteiger partial charge in [-0.2, -0.15) is 0 Å². The molecule has 1 aromatic carbocycles. The second kappa shape index (κ2) is 8.11. The minimum Gasteiger partial charge on any atom is -0.376 e. The van der Waals surface area contributed by atoms with Crippen LogP contribution in [-0.4, -0.2) is 44.2 Å². The lowest BCUT2D eigenvalue weighted by molar-refractivity contribution is -0.134. The Morgan fingerprint density at radius 1 is 1.11 bits per heavy atom. The van der Waals surface area contributed by atoms with Gasteiger partial charge in [0.15, 0.2) is 0 Å². The molecular formula is C22H31N3O3. The van der Waals surface area contributed by atoms with E-state index in [0.29, 0.717) is 19.4 Å². The van der Waals surface area contributed by atoms with Gasteiger partial charge in [0.25, 0.3) is 0 Å². The fourth-order valence-corrected chi connectivity index (χ4v) is 4.14. The van der Waals surface area contributed by atoms with E-state index in [2.05, 4.69) is 34.6 Å². The van der Waals surface area contributed by atoms with Crippen LogP contribution in [0.5, 0.6) is 0 Å². The van der Waals surface area contributed by atoms with E-state index in [4.69, 9.17) is 4.74 Å². The van der Waals surface area contributed by atoms with E-state index in [1.807, 2.05) is 12.1 Å². The molecule has 6 heteroatoms. The van der Waals surface area contributed by atoms with Gasteiger partial charge in [-0.1, -0.05) is 6.92 Å². The quantitative estimate of drug-likeness (QED) is 0.739. The fraction of sp³-hybridized carbons (Fsp3) is 0.636. The number of anilines is 2. The molecule has 2 amide bonds. The van der Waals surface area contributed by atoms with Gasteiger partial charge in [-0.3, -0.25) is 9.59 Å². The molecule has 1 unspecified atom stereocenters. The maximum atomic E-state index is 12.7. The molecule has 1 saturated carbocycles. The van der Waals surface area contributed by atoms with Gasteiger partial charge in [-0.05, 0) is 68.7 Å². The maximum Gasteiger partial charge on any atom is 0.240 e. The molecule has 0 radical (unpaired) electrons. The number of rotatable bonds is 6. The van der Waals surface area contributed by atoms with Crippen LogP contribution in [0.1, 0.15) is 45.4 Å². The highest BCUT2D eigenvalue weighted by Gasteiger charge is 2.56. The van der Waals surface area contributed by atoms with Gasteiger partial charge >= 0.3 is 0 Å². The van der Waals surface area contributed by atoms with Crippen LogP contribution in [0.25, 0.3) is 0 Å². The molecule has 1 aromatic rings. The summed E-state index contributed by atoms with van der Waals surface area (Å²) >= 11 is 0. The Kier molecular flexibility index (Phi) is 5.58. The number of hydrogen-bond acceptors (Lipinski definition) is 4. The van der Waals surface area contributed by atoms with Crippen LogP contribution in [-0.2, 0) is 14.3 Å². The van der Waals surface area contributed by atoms with Crippen LogP contribution >= 0.6 is 0 Å². The van der Waals surface area contributed by atoms with E-state index < -0.39 is 5.41 Å². The Bertz CT molecular complexity index is 700. The van der Waals surface area contributed by atoms with Crippen LogP contribution in [0.3, 0.4) is 0 Å². The summed E-state index contributed by atoms with van der Waals surface area (Å²) in [5.74, 6) is 0.437. The van der Waals surface area contributed by atoms with Gasteiger partial charge in [0.2, 0.25) is 11.8 Å². The monoisotopic (exact) mass is 385 g/mol. The smallest absolute Gasteiger partial charge is 0.240 e. The standard InChI is InChI=1S/C22H31N3O3/c1-16-8-12-25(13-9-16)18-6-4-17(5-7-18)24-21(27)22(10-11-22)20(26)23-15-19-3-2-14-28-19/h4-7,16,19H,2-3,8-15H2,1H3,(H,23,26)(H,24,27). The highest BCUT2D eigenvalue weighted by molar-refractivity contribution is 6.13. The zero-order valence-electron chi connectivity index (χ0n) is 16.7. The first-order valence-corrected chi connectivity index (χ1v) is 10.6. The molecule has 0 spiro atoms. The average Bonchev–Trinajstić information content (AvgIpc) is 3.37. The summed E-state index contributed by atoms with van der Waals surface area (Å²) in [6.07, 6.45) is 5.78. The summed E-state index contributed by atoms with van der Waals surface area (Å²) in [7, 11) is 0. The number of nitrogens with one attached hydrogen (secondary N) is 2. The number of piperidine rings is 1. The highest BCUT2D eigenvalue weighted by Crippen LogP contribution is 2.47. The molecule has 2 saturated heterocycles. The summed E-state index contributed by atoms with van der Waals surface area (Å²) in [6.45, 7) is 5.73. The zero-order valence-corrected chi connectivity index (χ0v) is 16.7. The largest absolute Gasteiger partial charge is 0.376 e. The van der Waals surface area contributed by atoms with E-state index in [1.54, 1.807) is 0 Å². The molecule has 4 rings (SSSR count). The van der Waals surface area contributed by atoms with Gasteiger partial charge in [0.1, 0.15) is 5.41 Å². The number of hydrogen-bond donors (Lipinski definition) is 2. The van der Waals surface area contributed by atoms with Crippen molar-refractivity contribution >= 4 is 23.2 Å². The third-order valence-corrected chi connectivity index (χ3v) is 6.41. The first kappa shape index (κ1) is 19.2. The van der Waals surface area contributed by atoms with Crippen molar-refractivity contribution in [3.8, 4) is 0 Å². The van der Waals surface area contributed by atoms with E-state index in [9.17, 15) is 9.59 Å². The van der Waals surface area contributed by atoms with Crippen LogP contribution in [0.15, 0.2) is 24.3 Å². The molecule has 28 heavy (non-hydrogen) atoms. The Morgan fingerprint density at radius 2 is 1.82 bits per heavy atom. The van der Waals surface area contributed by atoms with Crippen LogP contribution in [0.4, 0.5) is 11.4 Å². The van der Waals surface area contributed by atoms with Crippen molar-refractivity contribution in [1.82, 2.24) is 5.32 Å². The molecule has 6 nitrogen and oxygen atoms in total. The first-order valence-electron chi connectivity index (χ1n) is 10.6. The second-order valence-corrected chi connectivity index (χ2v) is 8.60. The van der Waals surface area contributed by atoms with Crippen LogP contribution in [0.2, 0.25) is 0 Å². The van der Waals surface area contributed by atoms with Crippen molar-refractivity contribution in [2.75, 3.05) is 36.5 Å². The minimum atomic E-state index is -0.902. The van der Waals surface area contributed by atoms with Crippen molar-refractivity contribution in [3.63, 3.8) is 0 Å². The molecule has 0 aromatic heterocycles. The van der Waals surface area contributed by atoms with Crippen LogP contribution in [0, 0.1) is 11.3 Å². The normalized spacial score (nSPS) is 24.0. The lowest BCUT2D eigenvalue weighted by Crippen LogP contribution is -2.42. The third-order valence-electron chi connectivity index (χ3n) is 6.41. The SMILES string of the molecule is CC1CCN(c2ccc(NC(=O)C3(C(=O)NCC4CCCO4)CC3)cc2)CC1. The van der Waals surface area contributed by atoms with Crippen molar-refractivity contribution < 1.29 is 14.3 Å². The second-order valence-electron chi connectivity index (χ2n) is 8.60. The first-order chi connectivity index (χ1) is 13.6. The Balaban J connectivity index is 1.30. The van der Waals surface area contributed by atoms with E-state index in [0.717, 1.165) is 44.1 Å². The number of benzene rings is 1. The number of ether oxygens (including phenoxy) is 1. The number of carbonyl (C=O) groups excluding carboxylic acids is 2. The van der Waals surface area contributed by atoms with Crippen molar-refractivity contribution in [1.29, 1.82) is 0 Å². The molecule has 2 N–H and O–H groups in total. The van der Waals surface area contributed by atoms with E-state index in [1.165, 1.54) is 18.5 Å². The summed E-state index contributed by atoms with van der Waals surface area (Å²) in [5.41, 5.74) is 1.04. The van der Waals surface area contributed by atoms with Gasteiger partial charge in [0, 0.05) is 37.6 Å². The third kappa shape index (κ3) is 4.17. The van der Waals surface area contributed by atoms with Gasteiger partial charge in [-0.25, -0.2) is 0 Å². The molecular weight excluding hydrogens is 354 g/mol. The molecule has 2 aliphatic heterocycles. The molecule has 152 valence electrons. The summed E-state index contributed by atoms with van der Waals surface area (Å²) in [4.78, 5) is 27.7. The van der Waals surface area contributed by atoms with E-state index >= 15 is 0 Å². The van der Waals surface area contributed by atoms with Crippen LogP contribution < -0.4 is 15.5 Å². The lowest BCUT2D eigenvalue weighted by atomic mass is 9.99. The zero-order chi connectivity index (χ0) is 19.6. The van der Waals surface area contributed by atoms with Crippen molar-refractivity contribution in [3.05, 3.63) is 24.3 Å². The Hall–Kier alpha value is -2.08. The summed E-state index contributed by atoms with van der Waals surface area (Å²) in [6, 6.07) is 7.99. The van der Waals surface area contributed by atoms with Gasteiger partial charge in [0.05, 0.1) is 6.10 Å². The maximum absolute atomic E-state index is 12.7. The molecule has 1 aliphatic carbocycles. The van der Waals surface area contributed by atoms with Gasteiger partial charge < -0.3 is 20.3 Å². The predicted octanol–water partition coefficient (Wildman–Crippen LogP) is 2.94. The molecule has 3 aliphatic rings. The van der Waals surface area contributed by atoms with Crippen molar-refractivity contribution in [2.45, 2.75) is 51.6 Å². The van der Waals surface area contributed by atoms with Gasteiger partial charge in [-0.15, -0.1) is 0 Å². The topological polar surface area (TPSA) is 70.7 Å². The van der Waals surface area contributed by atoms with Crippen molar-refractivity contribution in [2.24, 2.45) is 11.3 Å². The number of carbonyl (C=O) groups is 2. The lowest BCUT2D eigenvalue weighted by Gasteiger charge is -2.32. The molecule has 2 heterocycles. The Morgan fingerprint density at radius 3 is 2.43 bits per heavy atom. The summed E-state index contributed by atoms with van der Waals surface area (Å²) < 4.78 is 5.54. The van der Waals surface area contributed by atoms with E-state index in [-0.39, 0.29) is 17.9 Å². The Labute approximate surface area is 167 Å². The predicted molar refractivity (Wildman–Crippen MR) is 109 cm³/mol. The minimum absolute atomic E-state index is 0.0909. The highest BCUT2D eigenvalue weighted by atomic mass is 16.5.